The summed E-state index contributed by atoms with van der Waals surface area (Å²) in [5.41, 5.74) is -0.901. The third-order valence-electron chi connectivity index (χ3n) is 4.26. The van der Waals surface area contributed by atoms with Gasteiger partial charge in [0.15, 0.2) is 0 Å². The predicted molar refractivity (Wildman–Crippen MR) is 61.9 cm³/mol. The SMILES string of the molecule is CC1(O)CC(N=C=O)(C2CCCCCC2)C1. The van der Waals surface area contributed by atoms with Crippen molar-refractivity contribution in [2.45, 2.75) is 69.4 Å². The Labute approximate surface area is 97.0 Å². The van der Waals surface area contributed by atoms with Crippen LogP contribution in [0.5, 0.6) is 0 Å². The van der Waals surface area contributed by atoms with Crippen molar-refractivity contribution in [2.24, 2.45) is 10.9 Å². The second-order valence-corrected chi connectivity index (χ2v) is 5.85. The number of hydrogen-bond donors (Lipinski definition) is 1. The molecule has 2 fully saturated rings. The molecule has 0 saturated heterocycles. The standard InChI is InChI=1S/C13H21NO2/c1-12(16)8-13(9-12,14-10-15)11-6-4-2-3-5-7-11/h11,16H,2-9H2,1H3. The summed E-state index contributed by atoms with van der Waals surface area (Å²) in [6.45, 7) is 1.84. The molecular formula is C13H21NO2. The fourth-order valence-corrected chi connectivity index (χ4v) is 3.63. The van der Waals surface area contributed by atoms with Crippen molar-refractivity contribution in [3.05, 3.63) is 0 Å². The van der Waals surface area contributed by atoms with E-state index >= 15 is 0 Å². The van der Waals surface area contributed by atoms with E-state index in [4.69, 9.17) is 0 Å². The quantitative estimate of drug-likeness (QED) is 0.444. The van der Waals surface area contributed by atoms with Gasteiger partial charge in [0.05, 0.1) is 11.1 Å². The van der Waals surface area contributed by atoms with Crippen LogP contribution < -0.4 is 0 Å². The summed E-state index contributed by atoms with van der Waals surface area (Å²) in [4.78, 5) is 14.6. The molecule has 2 aliphatic rings. The van der Waals surface area contributed by atoms with Gasteiger partial charge in [0.1, 0.15) is 0 Å². The number of rotatable bonds is 2. The minimum Gasteiger partial charge on any atom is -0.390 e. The number of hydrogen-bond acceptors (Lipinski definition) is 3. The van der Waals surface area contributed by atoms with Crippen LogP contribution in [0.2, 0.25) is 0 Å². The summed E-state index contributed by atoms with van der Waals surface area (Å²) in [5, 5.41) is 9.89. The lowest BCUT2D eigenvalue weighted by Gasteiger charge is -2.52. The van der Waals surface area contributed by atoms with Crippen molar-refractivity contribution in [3.63, 3.8) is 0 Å². The average molecular weight is 223 g/mol. The number of aliphatic hydroxyl groups is 1. The van der Waals surface area contributed by atoms with Gasteiger partial charge in [-0.25, -0.2) is 4.79 Å². The molecule has 0 heterocycles. The first-order valence-electron chi connectivity index (χ1n) is 6.39. The van der Waals surface area contributed by atoms with E-state index in [1.54, 1.807) is 6.08 Å². The van der Waals surface area contributed by atoms with Gasteiger partial charge in [0.2, 0.25) is 6.08 Å². The summed E-state index contributed by atoms with van der Waals surface area (Å²) in [6, 6.07) is 0. The first kappa shape index (κ1) is 11.8. The molecule has 0 atom stereocenters. The molecule has 3 nitrogen and oxygen atoms in total. The Balaban J connectivity index is 2.10. The van der Waals surface area contributed by atoms with Crippen molar-refractivity contribution in [2.75, 3.05) is 0 Å². The first-order chi connectivity index (χ1) is 7.58. The highest BCUT2D eigenvalue weighted by atomic mass is 16.3. The third kappa shape index (κ3) is 2.21. The molecule has 2 rings (SSSR count). The van der Waals surface area contributed by atoms with Crippen molar-refractivity contribution in [3.8, 4) is 0 Å². The van der Waals surface area contributed by atoms with Crippen LogP contribution in [0.3, 0.4) is 0 Å². The van der Waals surface area contributed by atoms with Gasteiger partial charge < -0.3 is 5.11 Å². The molecular weight excluding hydrogens is 202 g/mol. The van der Waals surface area contributed by atoms with E-state index in [9.17, 15) is 9.90 Å². The molecule has 1 N–H and O–H groups in total. The molecule has 2 saturated carbocycles. The molecule has 90 valence electrons. The lowest BCUT2D eigenvalue weighted by atomic mass is 9.59. The Morgan fingerprint density at radius 2 is 1.75 bits per heavy atom. The topological polar surface area (TPSA) is 49.7 Å². The summed E-state index contributed by atoms with van der Waals surface area (Å²) in [7, 11) is 0. The van der Waals surface area contributed by atoms with Crippen molar-refractivity contribution >= 4 is 6.08 Å². The number of aliphatic imine (C=N–C) groups is 1. The highest BCUT2D eigenvalue weighted by molar-refractivity contribution is 5.36. The molecule has 0 spiro atoms. The Bertz CT molecular complexity index is 289. The highest BCUT2D eigenvalue weighted by Gasteiger charge is 2.55. The molecule has 0 unspecified atom stereocenters. The van der Waals surface area contributed by atoms with E-state index in [0.717, 1.165) is 12.8 Å². The smallest absolute Gasteiger partial charge is 0.235 e. The lowest BCUT2D eigenvalue weighted by molar-refractivity contribution is -0.0930. The maximum absolute atomic E-state index is 10.6. The Morgan fingerprint density at radius 1 is 1.19 bits per heavy atom. The largest absolute Gasteiger partial charge is 0.390 e. The Kier molecular flexibility index (Phi) is 3.18. The molecule has 0 aromatic carbocycles. The molecule has 0 aliphatic heterocycles. The maximum atomic E-state index is 10.6. The molecule has 0 radical (unpaired) electrons. The monoisotopic (exact) mass is 223 g/mol. The second-order valence-electron chi connectivity index (χ2n) is 5.85. The van der Waals surface area contributed by atoms with Crippen molar-refractivity contribution < 1.29 is 9.90 Å². The zero-order valence-corrected chi connectivity index (χ0v) is 10.0. The van der Waals surface area contributed by atoms with Gasteiger partial charge in [-0.3, -0.25) is 0 Å². The fourth-order valence-electron chi connectivity index (χ4n) is 3.63. The molecule has 0 bridgehead atoms. The molecule has 0 aromatic rings. The predicted octanol–water partition coefficient (Wildman–Crippen LogP) is 2.58. The lowest BCUT2D eigenvalue weighted by Crippen LogP contribution is -2.57. The van der Waals surface area contributed by atoms with E-state index < -0.39 is 5.60 Å². The van der Waals surface area contributed by atoms with Crippen LogP contribution in [0, 0.1) is 5.92 Å². The third-order valence-corrected chi connectivity index (χ3v) is 4.26. The average Bonchev–Trinajstić information content (AvgIpc) is 2.42. The first-order valence-corrected chi connectivity index (χ1v) is 6.39. The van der Waals surface area contributed by atoms with Gasteiger partial charge >= 0.3 is 0 Å². The molecule has 16 heavy (non-hydrogen) atoms. The highest BCUT2D eigenvalue weighted by Crippen LogP contribution is 2.51. The zero-order chi connectivity index (χ0) is 11.6. The van der Waals surface area contributed by atoms with E-state index in [2.05, 4.69) is 4.99 Å². The summed E-state index contributed by atoms with van der Waals surface area (Å²) in [5.74, 6) is 0.483. The maximum Gasteiger partial charge on any atom is 0.235 e. The van der Waals surface area contributed by atoms with Crippen LogP contribution in [0.25, 0.3) is 0 Å². The fraction of sp³-hybridized carbons (Fsp3) is 0.923. The number of nitrogens with zero attached hydrogens (tertiary/aromatic N) is 1. The van der Waals surface area contributed by atoms with E-state index in [-0.39, 0.29) is 5.54 Å². The van der Waals surface area contributed by atoms with Gasteiger partial charge in [-0.15, -0.1) is 0 Å². The summed E-state index contributed by atoms with van der Waals surface area (Å²) in [6.07, 6.45) is 10.4. The minimum atomic E-state index is -0.618. The van der Waals surface area contributed by atoms with E-state index in [0.29, 0.717) is 18.8 Å². The summed E-state index contributed by atoms with van der Waals surface area (Å²) >= 11 is 0. The van der Waals surface area contributed by atoms with Gasteiger partial charge in [-0.2, -0.15) is 4.99 Å². The Morgan fingerprint density at radius 3 is 2.19 bits per heavy atom. The minimum absolute atomic E-state index is 0.282. The van der Waals surface area contributed by atoms with Crippen LogP contribution in [0.15, 0.2) is 4.99 Å². The van der Waals surface area contributed by atoms with Crippen LogP contribution in [0.4, 0.5) is 0 Å². The van der Waals surface area contributed by atoms with Gasteiger partial charge in [-0.1, -0.05) is 25.7 Å². The van der Waals surface area contributed by atoms with Gasteiger partial charge in [0.25, 0.3) is 0 Å². The summed E-state index contributed by atoms with van der Waals surface area (Å²) < 4.78 is 0. The molecule has 2 aliphatic carbocycles. The van der Waals surface area contributed by atoms with Crippen molar-refractivity contribution in [1.29, 1.82) is 0 Å². The molecule has 0 aromatic heterocycles. The van der Waals surface area contributed by atoms with Crippen LogP contribution in [-0.4, -0.2) is 22.3 Å². The molecule has 0 amide bonds. The normalized spacial score (nSPS) is 40.6. The second kappa shape index (κ2) is 4.31. The van der Waals surface area contributed by atoms with Gasteiger partial charge in [-0.05, 0) is 25.7 Å². The van der Waals surface area contributed by atoms with Crippen molar-refractivity contribution in [1.82, 2.24) is 0 Å². The van der Waals surface area contributed by atoms with Crippen LogP contribution in [-0.2, 0) is 4.79 Å². The zero-order valence-electron chi connectivity index (χ0n) is 10.0. The number of isocyanates is 1. The van der Waals surface area contributed by atoms with Crippen LogP contribution in [0.1, 0.15) is 58.3 Å². The van der Waals surface area contributed by atoms with Crippen LogP contribution >= 0.6 is 0 Å². The van der Waals surface area contributed by atoms with Gasteiger partial charge in [0, 0.05) is 12.8 Å². The Hall–Kier alpha value is -0.660. The van der Waals surface area contributed by atoms with E-state index in [1.165, 1.54) is 25.7 Å². The molecule has 3 heteroatoms. The van der Waals surface area contributed by atoms with E-state index in [1.807, 2.05) is 6.92 Å². The number of carbonyl (C=O) groups excluding carboxylic acids is 1.